The highest BCUT2D eigenvalue weighted by Crippen LogP contribution is 2.20. The van der Waals surface area contributed by atoms with E-state index in [9.17, 15) is 0 Å². The molecule has 18 heavy (non-hydrogen) atoms. The van der Waals surface area contributed by atoms with E-state index in [0.29, 0.717) is 0 Å². The molecule has 0 atom stereocenters. The zero-order chi connectivity index (χ0) is 12.8. The van der Waals surface area contributed by atoms with Gasteiger partial charge in [-0.05, 0) is 28.4 Å². The molecule has 2 N–H and O–H groups in total. The van der Waals surface area contributed by atoms with Crippen molar-refractivity contribution in [3.63, 3.8) is 0 Å². The Kier molecular flexibility index (Phi) is 4.95. The molecule has 2 heterocycles. The Labute approximate surface area is 119 Å². The molecule has 0 spiro atoms. The van der Waals surface area contributed by atoms with Crippen molar-refractivity contribution in [2.24, 2.45) is 0 Å². The Balaban J connectivity index is 1.92. The van der Waals surface area contributed by atoms with Gasteiger partial charge in [-0.3, -0.25) is 4.98 Å². The molecule has 0 aliphatic carbocycles. The van der Waals surface area contributed by atoms with Crippen molar-refractivity contribution < 1.29 is 0 Å². The molecule has 0 bridgehead atoms. The Hall–Kier alpha value is -1.14. The van der Waals surface area contributed by atoms with Gasteiger partial charge in [-0.15, -0.1) is 11.3 Å². The fourth-order valence-electron chi connectivity index (χ4n) is 1.41. The number of hydrogen-bond acceptors (Lipinski definition) is 5. The second-order valence-corrected chi connectivity index (χ2v) is 5.71. The summed E-state index contributed by atoms with van der Waals surface area (Å²) in [5, 5.41) is 8.56. The lowest BCUT2D eigenvalue weighted by Crippen LogP contribution is -2.05. The molecular formula is C12H15BrN4S. The topological polar surface area (TPSA) is 49.8 Å². The van der Waals surface area contributed by atoms with Gasteiger partial charge in [0.15, 0.2) is 0 Å². The smallest absolute Gasteiger partial charge is 0.147 e. The van der Waals surface area contributed by atoms with Gasteiger partial charge in [-0.2, -0.15) is 0 Å². The Morgan fingerprint density at radius 2 is 2.06 bits per heavy atom. The molecule has 2 aromatic rings. The Bertz CT molecular complexity index is 500. The summed E-state index contributed by atoms with van der Waals surface area (Å²) in [6.45, 7) is 3.80. The SMILES string of the molecule is CCCNc1cncc(NCc2cc(Br)cs2)n1. The lowest BCUT2D eigenvalue weighted by molar-refractivity contribution is 0.963. The molecule has 2 aromatic heterocycles. The normalized spacial score (nSPS) is 10.3. The van der Waals surface area contributed by atoms with E-state index in [4.69, 9.17) is 0 Å². The lowest BCUT2D eigenvalue weighted by Gasteiger charge is -2.07. The fourth-order valence-corrected chi connectivity index (χ4v) is 2.80. The molecule has 0 aromatic carbocycles. The standard InChI is InChI=1S/C12H15BrN4S/c1-2-3-15-11-6-14-7-12(17-11)16-5-10-4-9(13)8-18-10/h4,6-8H,2-3,5H2,1H3,(H2,15,16,17). The number of aromatic nitrogens is 2. The third kappa shape index (κ3) is 3.96. The van der Waals surface area contributed by atoms with E-state index < -0.39 is 0 Å². The molecule has 0 fully saturated rings. The van der Waals surface area contributed by atoms with Crippen LogP contribution in [0.4, 0.5) is 11.6 Å². The quantitative estimate of drug-likeness (QED) is 0.849. The molecule has 0 aliphatic heterocycles. The molecule has 0 aliphatic rings. The summed E-state index contributed by atoms with van der Waals surface area (Å²) < 4.78 is 1.12. The van der Waals surface area contributed by atoms with E-state index in [1.807, 2.05) is 0 Å². The van der Waals surface area contributed by atoms with Gasteiger partial charge in [0.25, 0.3) is 0 Å². The van der Waals surface area contributed by atoms with Crippen molar-refractivity contribution in [3.05, 3.63) is 33.2 Å². The van der Waals surface area contributed by atoms with Crippen LogP contribution in [-0.2, 0) is 6.54 Å². The molecule has 6 heteroatoms. The third-order valence-electron chi connectivity index (χ3n) is 2.26. The van der Waals surface area contributed by atoms with Gasteiger partial charge in [0.2, 0.25) is 0 Å². The van der Waals surface area contributed by atoms with Crippen molar-refractivity contribution in [1.82, 2.24) is 9.97 Å². The minimum absolute atomic E-state index is 0.766. The monoisotopic (exact) mass is 326 g/mol. The van der Waals surface area contributed by atoms with E-state index in [2.05, 4.69) is 54.9 Å². The second kappa shape index (κ2) is 6.70. The number of anilines is 2. The van der Waals surface area contributed by atoms with Gasteiger partial charge in [-0.25, -0.2) is 4.98 Å². The van der Waals surface area contributed by atoms with Crippen LogP contribution in [0.2, 0.25) is 0 Å². The molecule has 0 amide bonds. The summed E-state index contributed by atoms with van der Waals surface area (Å²) in [4.78, 5) is 9.86. The number of nitrogens with one attached hydrogen (secondary N) is 2. The van der Waals surface area contributed by atoms with Crippen molar-refractivity contribution in [2.75, 3.05) is 17.2 Å². The van der Waals surface area contributed by atoms with Gasteiger partial charge in [0.05, 0.1) is 18.9 Å². The molecule has 0 unspecified atom stereocenters. The lowest BCUT2D eigenvalue weighted by atomic mass is 10.4. The van der Waals surface area contributed by atoms with E-state index in [1.165, 1.54) is 4.88 Å². The Morgan fingerprint density at radius 3 is 2.72 bits per heavy atom. The highest BCUT2D eigenvalue weighted by atomic mass is 79.9. The van der Waals surface area contributed by atoms with Crippen LogP contribution in [0.1, 0.15) is 18.2 Å². The first-order valence-electron chi connectivity index (χ1n) is 5.80. The molecule has 0 saturated heterocycles. The first-order valence-corrected chi connectivity index (χ1v) is 7.48. The van der Waals surface area contributed by atoms with E-state index >= 15 is 0 Å². The highest BCUT2D eigenvalue weighted by Gasteiger charge is 2.00. The van der Waals surface area contributed by atoms with E-state index in [0.717, 1.165) is 35.6 Å². The predicted molar refractivity (Wildman–Crippen MR) is 80.2 cm³/mol. The van der Waals surface area contributed by atoms with Crippen LogP contribution in [0.15, 0.2) is 28.3 Å². The average Bonchev–Trinajstić information content (AvgIpc) is 2.80. The Morgan fingerprint density at radius 1 is 1.28 bits per heavy atom. The zero-order valence-corrected chi connectivity index (χ0v) is 12.5. The summed E-state index contributed by atoms with van der Waals surface area (Å²) in [5.74, 6) is 1.61. The van der Waals surface area contributed by atoms with Crippen LogP contribution < -0.4 is 10.6 Å². The summed E-state index contributed by atoms with van der Waals surface area (Å²) in [6, 6.07) is 2.10. The maximum Gasteiger partial charge on any atom is 0.147 e. The number of halogens is 1. The summed E-state index contributed by atoms with van der Waals surface area (Å²) >= 11 is 5.16. The minimum Gasteiger partial charge on any atom is -0.369 e. The van der Waals surface area contributed by atoms with Crippen LogP contribution in [0, 0.1) is 0 Å². The van der Waals surface area contributed by atoms with Crippen molar-refractivity contribution in [2.45, 2.75) is 19.9 Å². The van der Waals surface area contributed by atoms with Gasteiger partial charge < -0.3 is 10.6 Å². The highest BCUT2D eigenvalue weighted by molar-refractivity contribution is 9.10. The number of hydrogen-bond donors (Lipinski definition) is 2. The van der Waals surface area contributed by atoms with Crippen molar-refractivity contribution >= 4 is 38.9 Å². The number of thiophene rings is 1. The molecule has 0 radical (unpaired) electrons. The average molecular weight is 327 g/mol. The largest absolute Gasteiger partial charge is 0.369 e. The molecule has 2 rings (SSSR count). The fraction of sp³-hybridized carbons (Fsp3) is 0.333. The van der Waals surface area contributed by atoms with E-state index in [-0.39, 0.29) is 0 Å². The van der Waals surface area contributed by atoms with Crippen LogP contribution in [0.3, 0.4) is 0 Å². The molecule has 4 nitrogen and oxygen atoms in total. The van der Waals surface area contributed by atoms with Crippen molar-refractivity contribution in [3.8, 4) is 0 Å². The van der Waals surface area contributed by atoms with Gasteiger partial charge in [-0.1, -0.05) is 6.92 Å². The maximum atomic E-state index is 4.44. The van der Waals surface area contributed by atoms with Crippen LogP contribution >= 0.6 is 27.3 Å². The first-order chi connectivity index (χ1) is 8.78. The van der Waals surface area contributed by atoms with Gasteiger partial charge in [0, 0.05) is 21.3 Å². The summed E-state index contributed by atoms with van der Waals surface area (Å²) in [6.07, 6.45) is 4.55. The van der Waals surface area contributed by atoms with E-state index in [1.54, 1.807) is 23.7 Å². The minimum atomic E-state index is 0.766. The van der Waals surface area contributed by atoms with Crippen LogP contribution in [0.25, 0.3) is 0 Å². The van der Waals surface area contributed by atoms with Gasteiger partial charge in [0.1, 0.15) is 11.6 Å². The third-order valence-corrected chi connectivity index (χ3v) is 3.95. The zero-order valence-electron chi connectivity index (χ0n) is 10.1. The second-order valence-electron chi connectivity index (χ2n) is 3.80. The number of nitrogens with zero attached hydrogens (tertiary/aromatic N) is 2. The maximum absolute atomic E-state index is 4.44. The first kappa shape index (κ1) is 13.3. The summed E-state index contributed by atoms with van der Waals surface area (Å²) in [5.41, 5.74) is 0. The predicted octanol–water partition coefficient (Wildman–Crippen LogP) is 3.73. The molecule has 96 valence electrons. The molecular weight excluding hydrogens is 312 g/mol. The van der Waals surface area contributed by atoms with Crippen LogP contribution in [-0.4, -0.2) is 16.5 Å². The van der Waals surface area contributed by atoms with Crippen molar-refractivity contribution in [1.29, 1.82) is 0 Å². The van der Waals surface area contributed by atoms with Crippen LogP contribution in [0.5, 0.6) is 0 Å². The summed E-state index contributed by atoms with van der Waals surface area (Å²) in [7, 11) is 0. The number of rotatable bonds is 6. The molecule has 0 saturated carbocycles. The van der Waals surface area contributed by atoms with Gasteiger partial charge >= 0.3 is 0 Å².